The summed E-state index contributed by atoms with van der Waals surface area (Å²) in [6, 6.07) is 11.2. The number of phenolic OH excluding ortho intramolecular Hbond substituents is 1. The van der Waals surface area contributed by atoms with Gasteiger partial charge in [0.25, 0.3) is 5.91 Å². The van der Waals surface area contributed by atoms with Crippen molar-refractivity contribution < 1.29 is 9.90 Å². The largest absolute Gasteiger partial charge is 0.507 e. The predicted octanol–water partition coefficient (Wildman–Crippen LogP) is 8.54. The standard InChI is InChI=1S/C29H45NO2/c1-2-3-4-5-6-7-8-9-10-11-12-13-14-15-16-19-22-30-29(32)27-23-25-20-17-18-21-26(25)24-28(27)31/h17-18,20-21,23-24,31H,2-16,19,22H2,1H3,(H,30,32). The van der Waals surface area contributed by atoms with Gasteiger partial charge in [0.15, 0.2) is 0 Å². The van der Waals surface area contributed by atoms with Crippen LogP contribution in [0.5, 0.6) is 5.75 Å². The number of phenols is 1. The maximum Gasteiger partial charge on any atom is 0.255 e. The molecule has 0 aliphatic rings. The molecule has 2 aromatic rings. The predicted molar refractivity (Wildman–Crippen MR) is 137 cm³/mol. The number of amides is 1. The van der Waals surface area contributed by atoms with Gasteiger partial charge in [-0.15, -0.1) is 0 Å². The van der Waals surface area contributed by atoms with E-state index >= 15 is 0 Å². The fourth-order valence-corrected chi connectivity index (χ4v) is 4.38. The number of nitrogens with one attached hydrogen (secondary N) is 1. The van der Waals surface area contributed by atoms with Crippen LogP contribution in [0.4, 0.5) is 0 Å². The maximum atomic E-state index is 12.4. The third kappa shape index (κ3) is 10.5. The molecular weight excluding hydrogens is 394 g/mol. The zero-order valence-corrected chi connectivity index (χ0v) is 20.3. The highest BCUT2D eigenvalue weighted by atomic mass is 16.3. The van der Waals surface area contributed by atoms with Crippen molar-refractivity contribution in [3.05, 3.63) is 42.0 Å². The first-order valence-corrected chi connectivity index (χ1v) is 13.2. The van der Waals surface area contributed by atoms with E-state index in [-0.39, 0.29) is 11.7 Å². The van der Waals surface area contributed by atoms with E-state index in [2.05, 4.69) is 12.2 Å². The molecule has 0 saturated carbocycles. The molecule has 3 heteroatoms. The van der Waals surface area contributed by atoms with Crippen LogP contribution in [0.3, 0.4) is 0 Å². The Labute approximate surface area is 196 Å². The highest BCUT2D eigenvalue weighted by Gasteiger charge is 2.11. The molecule has 1 amide bonds. The zero-order valence-electron chi connectivity index (χ0n) is 20.3. The fourth-order valence-electron chi connectivity index (χ4n) is 4.38. The van der Waals surface area contributed by atoms with Gasteiger partial charge in [-0.2, -0.15) is 0 Å². The number of hydrogen-bond acceptors (Lipinski definition) is 2. The van der Waals surface area contributed by atoms with Gasteiger partial charge in [-0.05, 0) is 29.3 Å². The summed E-state index contributed by atoms with van der Waals surface area (Å²) in [5.41, 5.74) is 0.361. The molecule has 2 N–H and O–H groups in total. The lowest BCUT2D eigenvalue weighted by atomic mass is 10.0. The van der Waals surface area contributed by atoms with Gasteiger partial charge in [0.2, 0.25) is 0 Å². The second-order valence-electron chi connectivity index (χ2n) is 9.28. The Morgan fingerprint density at radius 3 is 1.62 bits per heavy atom. The first kappa shape index (κ1) is 26.2. The van der Waals surface area contributed by atoms with E-state index in [0.717, 1.165) is 23.6 Å². The van der Waals surface area contributed by atoms with Crippen molar-refractivity contribution in [1.29, 1.82) is 0 Å². The molecule has 0 spiro atoms. The summed E-state index contributed by atoms with van der Waals surface area (Å²) in [5, 5.41) is 15.0. The highest BCUT2D eigenvalue weighted by Crippen LogP contribution is 2.24. The van der Waals surface area contributed by atoms with E-state index in [1.165, 1.54) is 89.9 Å². The molecule has 2 aromatic carbocycles. The first-order chi connectivity index (χ1) is 15.7. The Morgan fingerprint density at radius 2 is 1.12 bits per heavy atom. The first-order valence-electron chi connectivity index (χ1n) is 13.2. The number of carbonyl (C=O) groups is 1. The minimum atomic E-state index is -0.186. The third-order valence-electron chi connectivity index (χ3n) is 6.42. The van der Waals surface area contributed by atoms with Gasteiger partial charge in [0.05, 0.1) is 5.56 Å². The smallest absolute Gasteiger partial charge is 0.255 e. The summed E-state index contributed by atoms with van der Waals surface area (Å²) in [6.45, 7) is 2.95. The second-order valence-corrected chi connectivity index (χ2v) is 9.28. The van der Waals surface area contributed by atoms with Crippen molar-refractivity contribution in [2.75, 3.05) is 6.54 Å². The molecule has 2 rings (SSSR count). The Morgan fingerprint density at radius 1 is 0.688 bits per heavy atom. The summed E-state index contributed by atoms with van der Waals surface area (Å²) in [5.74, 6) is -0.137. The minimum Gasteiger partial charge on any atom is -0.507 e. The van der Waals surface area contributed by atoms with Gasteiger partial charge in [-0.25, -0.2) is 0 Å². The molecule has 0 saturated heterocycles. The number of fused-ring (bicyclic) bond motifs is 1. The van der Waals surface area contributed by atoms with E-state index in [1.807, 2.05) is 24.3 Å². The Bertz CT molecular complexity index is 771. The van der Waals surface area contributed by atoms with Crippen LogP contribution in [-0.2, 0) is 0 Å². The molecular formula is C29H45NO2. The van der Waals surface area contributed by atoms with Crippen molar-refractivity contribution in [2.45, 2.75) is 110 Å². The molecule has 0 aliphatic carbocycles. The summed E-state index contributed by atoms with van der Waals surface area (Å²) >= 11 is 0. The quantitative estimate of drug-likeness (QED) is 0.229. The van der Waals surface area contributed by atoms with Crippen LogP contribution in [0, 0.1) is 0 Å². The second kappa shape index (κ2) is 16.6. The number of aromatic hydroxyl groups is 1. The van der Waals surface area contributed by atoms with E-state index < -0.39 is 0 Å². The Balaban J connectivity index is 1.41. The molecule has 0 atom stereocenters. The molecule has 0 heterocycles. The van der Waals surface area contributed by atoms with Gasteiger partial charge in [-0.3, -0.25) is 4.79 Å². The lowest BCUT2D eigenvalue weighted by molar-refractivity contribution is 0.0950. The van der Waals surface area contributed by atoms with E-state index in [1.54, 1.807) is 12.1 Å². The van der Waals surface area contributed by atoms with Crippen LogP contribution in [0.2, 0.25) is 0 Å². The number of hydrogen-bond donors (Lipinski definition) is 2. The summed E-state index contributed by atoms with van der Waals surface area (Å²) in [4.78, 5) is 12.4. The van der Waals surface area contributed by atoms with Crippen LogP contribution >= 0.6 is 0 Å². The van der Waals surface area contributed by atoms with Gasteiger partial charge in [0, 0.05) is 6.54 Å². The molecule has 0 bridgehead atoms. The van der Waals surface area contributed by atoms with Gasteiger partial charge < -0.3 is 10.4 Å². The Kier molecular flexibility index (Phi) is 13.6. The maximum absolute atomic E-state index is 12.4. The van der Waals surface area contributed by atoms with Crippen LogP contribution in [0.25, 0.3) is 10.8 Å². The molecule has 0 aliphatic heterocycles. The highest BCUT2D eigenvalue weighted by molar-refractivity contribution is 6.01. The summed E-state index contributed by atoms with van der Waals surface area (Å²) < 4.78 is 0. The van der Waals surface area contributed by atoms with Gasteiger partial charge >= 0.3 is 0 Å². The van der Waals surface area contributed by atoms with Crippen molar-refractivity contribution in [3.63, 3.8) is 0 Å². The third-order valence-corrected chi connectivity index (χ3v) is 6.42. The monoisotopic (exact) mass is 439 g/mol. The lowest BCUT2D eigenvalue weighted by Crippen LogP contribution is -2.24. The topological polar surface area (TPSA) is 49.3 Å². The van der Waals surface area contributed by atoms with Crippen LogP contribution in [-0.4, -0.2) is 17.6 Å². The van der Waals surface area contributed by atoms with Crippen LogP contribution in [0.1, 0.15) is 120 Å². The van der Waals surface area contributed by atoms with Crippen molar-refractivity contribution in [2.24, 2.45) is 0 Å². The number of rotatable bonds is 18. The SMILES string of the molecule is CCCCCCCCCCCCCCCCCCNC(=O)c1cc2ccccc2cc1O. The zero-order chi connectivity index (χ0) is 22.9. The fraction of sp³-hybridized carbons (Fsp3) is 0.621. The van der Waals surface area contributed by atoms with Crippen LogP contribution < -0.4 is 5.32 Å². The molecule has 32 heavy (non-hydrogen) atoms. The summed E-state index contributed by atoms with van der Waals surface area (Å²) in [6.07, 6.45) is 21.5. The normalized spacial score (nSPS) is 11.2. The minimum absolute atomic E-state index is 0.0492. The molecule has 0 aromatic heterocycles. The Hall–Kier alpha value is -2.03. The number of benzene rings is 2. The molecule has 178 valence electrons. The molecule has 0 unspecified atom stereocenters. The lowest BCUT2D eigenvalue weighted by Gasteiger charge is -2.08. The number of unbranched alkanes of at least 4 members (excludes halogenated alkanes) is 15. The van der Waals surface area contributed by atoms with Gasteiger partial charge in [0.1, 0.15) is 5.75 Å². The summed E-state index contributed by atoms with van der Waals surface area (Å²) in [7, 11) is 0. The average Bonchev–Trinajstić information content (AvgIpc) is 2.80. The van der Waals surface area contributed by atoms with E-state index in [0.29, 0.717) is 12.1 Å². The number of carbonyl (C=O) groups excluding carboxylic acids is 1. The van der Waals surface area contributed by atoms with Crippen molar-refractivity contribution in [1.82, 2.24) is 5.32 Å². The van der Waals surface area contributed by atoms with Crippen molar-refractivity contribution in [3.8, 4) is 5.75 Å². The van der Waals surface area contributed by atoms with E-state index in [9.17, 15) is 9.90 Å². The molecule has 0 radical (unpaired) electrons. The average molecular weight is 440 g/mol. The van der Waals surface area contributed by atoms with Crippen molar-refractivity contribution >= 4 is 16.7 Å². The molecule has 0 fully saturated rings. The van der Waals surface area contributed by atoms with E-state index in [4.69, 9.17) is 0 Å². The van der Waals surface area contributed by atoms with Gasteiger partial charge in [-0.1, -0.05) is 128 Å². The molecule has 3 nitrogen and oxygen atoms in total. The van der Waals surface area contributed by atoms with Crippen LogP contribution in [0.15, 0.2) is 36.4 Å².